The number of carbonyl (C=O) groups is 4. The summed E-state index contributed by atoms with van der Waals surface area (Å²) >= 11 is 0. The highest BCUT2D eigenvalue weighted by Gasteiger charge is 2.60. The van der Waals surface area contributed by atoms with E-state index in [-0.39, 0.29) is 31.7 Å². The van der Waals surface area contributed by atoms with Gasteiger partial charge in [0, 0.05) is 19.3 Å². The number of piperazine rings is 1. The van der Waals surface area contributed by atoms with Crippen molar-refractivity contribution < 1.29 is 37.1 Å². The number of amides is 4. The molecule has 1 spiro atoms. The fraction of sp³-hybridized carbons (Fsp3) is 0.333. The zero-order chi connectivity index (χ0) is 26.3. The molecule has 1 N–H and O–H groups in total. The number of benzene rings is 2. The Kier molecular flexibility index (Phi) is 6.37. The lowest BCUT2D eigenvalue weighted by molar-refractivity contribution is -0.161. The highest BCUT2D eigenvalue weighted by molar-refractivity contribution is 6.10. The number of likely N-dealkylation sites (tertiary alicyclic amines) is 1. The number of hydrogen-bond acceptors (Lipinski definition) is 5. The van der Waals surface area contributed by atoms with Crippen molar-refractivity contribution in [2.45, 2.75) is 18.3 Å². The molecule has 2 aliphatic rings. The fourth-order valence-corrected chi connectivity index (χ4v) is 4.42. The van der Waals surface area contributed by atoms with Crippen LogP contribution in [0.2, 0.25) is 0 Å². The van der Waals surface area contributed by atoms with E-state index in [1.165, 1.54) is 65.3 Å². The van der Waals surface area contributed by atoms with Gasteiger partial charge in [-0.1, -0.05) is 12.1 Å². The number of esters is 1. The zero-order valence-corrected chi connectivity index (χ0v) is 19.5. The van der Waals surface area contributed by atoms with Gasteiger partial charge in [0.05, 0.1) is 31.3 Å². The second kappa shape index (κ2) is 9.17. The average Bonchev–Trinajstić information content (AvgIpc) is 2.84. The standard InChI is InChI=1S/C24H23F3N4O5/c1-28-22(35)29-13-23(14-29)21(34)30(18-9-5-16(6-10-18)20(33)36-2)12-19(32)31(23)11-15-3-7-17(8-4-15)24(25,26)27/h3-10H,11-14H2,1-2H3,(H,28,35). The van der Waals surface area contributed by atoms with E-state index < -0.39 is 41.1 Å². The van der Waals surface area contributed by atoms with Crippen LogP contribution in [0.5, 0.6) is 0 Å². The Balaban J connectivity index is 1.63. The number of halogens is 3. The van der Waals surface area contributed by atoms with Crippen molar-refractivity contribution in [2.24, 2.45) is 0 Å². The number of carbonyl (C=O) groups excluding carboxylic acids is 4. The van der Waals surface area contributed by atoms with E-state index in [0.29, 0.717) is 11.3 Å². The van der Waals surface area contributed by atoms with Gasteiger partial charge in [-0.3, -0.25) is 9.59 Å². The Bertz CT molecular complexity index is 1190. The molecule has 4 amide bonds. The molecule has 0 radical (unpaired) electrons. The van der Waals surface area contributed by atoms with Crippen molar-refractivity contribution in [3.05, 3.63) is 65.2 Å². The number of rotatable bonds is 4. The van der Waals surface area contributed by atoms with E-state index in [1.807, 2.05) is 0 Å². The smallest absolute Gasteiger partial charge is 0.416 e. The molecule has 2 aromatic rings. The molecule has 2 aliphatic heterocycles. The lowest BCUT2D eigenvalue weighted by atomic mass is 9.83. The van der Waals surface area contributed by atoms with E-state index in [1.54, 1.807) is 0 Å². The number of hydrogen-bond donors (Lipinski definition) is 1. The maximum atomic E-state index is 13.7. The zero-order valence-electron chi connectivity index (χ0n) is 19.5. The van der Waals surface area contributed by atoms with Crippen LogP contribution >= 0.6 is 0 Å². The lowest BCUT2D eigenvalue weighted by Crippen LogP contribution is -2.81. The summed E-state index contributed by atoms with van der Waals surface area (Å²) < 4.78 is 43.5. The van der Waals surface area contributed by atoms with Gasteiger partial charge in [0.2, 0.25) is 5.91 Å². The Labute approximate surface area is 204 Å². The molecule has 0 aromatic heterocycles. The number of alkyl halides is 3. The molecule has 2 heterocycles. The molecule has 2 fully saturated rings. The monoisotopic (exact) mass is 504 g/mol. The van der Waals surface area contributed by atoms with Crippen LogP contribution < -0.4 is 10.2 Å². The molecule has 2 saturated heterocycles. The van der Waals surface area contributed by atoms with Crippen molar-refractivity contribution in [1.82, 2.24) is 15.1 Å². The van der Waals surface area contributed by atoms with Crippen LogP contribution in [0, 0.1) is 0 Å². The van der Waals surface area contributed by atoms with Crippen molar-refractivity contribution in [3.8, 4) is 0 Å². The van der Waals surface area contributed by atoms with Crippen LogP contribution in [0.25, 0.3) is 0 Å². The summed E-state index contributed by atoms with van der Waals surface area (Å²) in [6.07, 6.45) is -4.50. The van der Waals surface area contributed by atoms with Crippen LogP contribution in [0.15, 0.2) is 48.5 Å². The molecule has 0 unspecified atom stereocenters. The van der Waals surface area contributed by atoms with Crippen LogP contribution in [0.3, 0.4) is 0 Å². The van der Waals surface area contributed by atoms with Crippen LogP contribution in [-0.2, 0) is 27.0 Å². The van der Waals surface area contributed by atoms with Crippen molar-refractivity contribution in [1.29, 1.82) is 0 Å². The van der Waals surface area contributed by atoms with Gasteiger partial charge in [-0.05, 0) is 42.0 Å². The van der Waals surface area contributed by atoms with Gasteiger partial charge in [-0.25, -0.2) is 9.59 Å². The third kappa shape index (κ3) is 4.34. The molecule has 0 saturated carbocycles. The molecule has 9 nitrogen and oxygen atoms in total. The summed E-state index contributed by atoms with van der Waals surface area (Å²) in [6, 6.07) is 9.93. The van der Waals surface area contributed by atoms with Gasteiger partial charge >= 0.3 is 18.2 Å². The highest BCUT2D eigenvalue weighted by atomic mass is 19.4. The first-order chi connectivity index (χ1) is 17.0. The summed E-state index contributed by atoms with van der Waals surface area (Å²) in [5.74, 6) is -1.41. The van der Waals surface area contributed by atoms with Gasteiger partial charge in [-0.2, -0.15) is 13.2 Å². The molecule has 12 heteroatoms. The number of anilines is 1. The average molecular weight is 504 g/mol. The normalized spacial score (nSPS) is 17.2. The Morgan fingerprint density at radius 1 is 1.03 bits per heavy atom. The molecule has 4 rings (SSSR count). The first-order valence-corrected chi connectivity index (χ1v) is 10.9. The fourth-order valence-electron chi connectivity index (χ4n) is 4.42. The van der Waals surface area contributed by atoms with Crippen molar-refractivity contribution in [2.75, 3.05) is 38.7 Å². The molecule has 190 valence electrons. The predicted octanol–water partition coefficient (Wildman–Crippen LogP) is 2.26. The maximum absolute atomic E-state index is 13.7. The second-order valence-electron chi connectivity index (χ2n) is 8.55. The number of methoxy groups -OCH3 is 1. The van der Waals surface area contributed by atoms with E-state index in [0.717, 1.165) is 12.1 Å². The van der Waals surface area contributed by atoms with Crippen LogP contribution in [-0.4, -0.2) is 72.9 Å². The van der Waals surface area contributed by atoms with Gasteiger partial charge < -0.3 is 24.8 Å². The Hall–Kier alpha value is -4.09. The minimum atomic E-state index is -4.50. The molecule has 0 aliphatic carbocycles. The quantitative estimate of drug-likeness (QED) is 0.645. The summed E-state index contributed by atoms with van der Waals surface area (Å²) in [7, 11) is 2.68. The van der Waals surface area contributed by atoms with Crippen LogP contribution in [0.1, 0.15) is 21.5 Å². The first kappa shape index (κ1) is 25.0. The Morgan fingerprint density at radius 2 is 1.64 bits per heavy atom. The van der Waals surface area contributed by atoms with Crippen molar-refractivity contribution >= 4 is 29.5 Å². The third-order valence-corrected chi connectivity index (χ3v) is 6.38. The number of nitrogens with one attached hydrogen (secondary N) is 1. The van der Waals surface area contributed by atoms with E-state index in [4.69, 9.17) is 0 Å². The maximum Gasteiger partial charge on any atom is 0.416 e. The molecule has 36 heavy (non-hydrogen) atoms. The molecule has 0 bridgehead atoms. The SMILES string of the molecule is CNC(=O)N1CC2(C1)C(=O)N(c1ccc(C(=O)OC)cc1)CC(=O)N2Cc1ccc(C(F)(F)F)cc1. The summed E-state index contributed by atoms with van der Waals surface area (Å²) in [5.41, 5.74) is -1.14. The van der Waals surface area contributed by atoms with Gasteiger partial charge in [0.1, 0.15) is 6.54 Å². The molecule has 0 atom stereocenters. The molecular formula is C24H23F3N4O5. The highest BCUT2D eigenvalue weighted by Crippen LogP contribution is 2.37. The number of ether oxygens (including phenoxy) is 1. The second-order valence-corrected chi connectivity index (χ2v) is 8.55. The van der Waals surface area contributed by atoms with Crippen molar-refractivity contribution in [3.63, 3.8) is 0 Å². The minimum absolute atomic E-state index is 0.0748. The van der Waals surface area contributed by atoms with E-state index in [2.05, 4.69) is 10.1 Å². The number of urea groups is 1. The van der Waals surface area contributed by atoms with E-state index >= 15 is 0 Å². The molecular weight excluding hydrogens is 481 g/mol. The van der Waals surface area contributed by atoms with Crippen LogP contribution in [0.4, 0.5) is 23.7 Å². The van der Waals surface area contributed by atoms with E-state index in [9.17, 15) is 32.3 Å². The topological polar surface area (TPSA) is 99.3 Å². The van der Waals surface area contributed by atoms with Gasteiger partial charge in [0.25, 0.3) is 5.91 Å². The summed E-state index contributed by atoms with van der Waals surface area (Å²) in [5, 5.41) is 2.47. The summed E-state index contributed by atoms with van der Waals surface area (Å²) in [6.45, 7) is -0.554. The summed E-state index contributed by atoms with van der Waals surface area (Å²) in [4.78, 5) is 54.9. The third-order valence-electron chi connectivity index (χ3n) is 6.38. The van der Waals surface area contributed by atoms with Gasteiger partial charge in [0.15, 0.2) is 5.54 Å². The lowest BCUT2D eigenvalue weighted by Gasteiger charge is -2.57. The first-order valence-electron chi connectivity index (χ1n) is 10.9. The number of nitrogens with zero attached hydrogens (tertiary/aromatic N) is 3. The van der Waals surface area contributed by atoms with Gasteiger partial charge in [-0.15, -0.1) is 0 Å². The Morgan fingerprint density at radius 3 is 2.17 bits per heavy atom. The minimum Gasteiger partial charge on any atom is -0.465 e. The predicted molar refractivity (Wildman–Crippen MR) is 121 cm³/mol. The largest absolute Gasteiger partial charge is 0.465 e. The molecule has 2 aromatic carbocycles.